The van der Waals surface area contributed by atoms with E-state index in [9.17, 15) is 4.79 Å². The van der Waals surface area contributed by atoms with Crippen LogP contribution in [0.2, 0.25) is 0 Å². The van der Waals surface area contributed by atoms with Crippen LogP contribution in [0.25, 0.3) is 0 Å². The summed E-state index contributed by atoms with van der Waals surface area (Å²) in [6.07, 6.45) is 13.8. The smallest absolute Gasteiger partial charge is 0.309 e. The van der Waals surface area contributed by atoms with Crippen molar-refractivity contribution in [1.29, 1.82) is 0 Å². The Kier molecular flexibility index (Phi) is 8.50. The first kappa shape index (κ1) is 25.0. The van der Waals surface area contributed by atoms with Crippen LogP contribution in [-0.2, 0) is 28.8 Å². The summed E-state index contributed by atoms with van der Waals surface area (Å²) in [4.78, 5) is 24.2. The summed E-state index contributed by atoms with van der Waals surface area (Å²) in [5.74, 6) is 3.99. The van der Waals surface area contributed by atoms with Crippen molar-refractivity contribution in [2.75, 3.05) is 19.8 Å². The summed E-state index contributed by atoms with van der Waals surface area (Å²) < 4.78 is 17.8. The minimum absolute atomic E-state index is 0.0350. The van der Waals surface area contributed by atoms with E-state index in [1.54, 1.807) is 0 Å². The van der Waals surface area contributed by atoms with Crippen LogP contribution in [0, 0.1) is 35.5 Å². The van der Waals surface area contributed by atoms with Gasteiger partial charge in [0.2, 0.25) is 0 Å². The molecule has 0 N–H and O–H groups in total. The second-order valence-electron chi connectivity index (χ2n) is 12.2. The maximum atomic E-state index is 12.9. The van der Waals surface area contributed by atoms with Crippen LogP contribution in [0.5, 0.6) is 0 Å². The molecule has 0 bridgehead atoms. The van der Waals surface area contributed by atoms with Crippen LogP contribution >= 0.6 is 0 Å². The Bertz CT molecular complexity index is 645. The van der Waals surface area contributed by atoms with Gasteiger partial charge in [0.05, 0.1) is 25.7 Å². The molecule has 5 aliphatic rings. The molecule has 0 spiro atoms. The first-order chi connectivity index (χ1) is 16.6. The zero-order valence-electron chi connectivity index (χ0n) is 21.3. The maximum absolute atomic E-state index is 12.9. The lowest BCUT2D eigenvalue weighted by atomic mass is 9.69. The highest BCUT2D eigenvalue weighted by Crippen LogP contribution is 2.42. The molecule has 3 aliphatic carbocycles. The molecule has 3 saturated carbocycles. The van der Waals surface area contributed by atoms with E-state index in [2.05, 4.69) is 13.8 Å². The minimum atomic E-state index is -0.330. The SMILES string of the molecule is CC1CCC(COO[C@H]2CO[C@@H]3C(OC(=O)C4CCC(C5CCC(C)CC5)CC4)CO[C@H]23)CC1. The highest BCUT2D eigenvalue weighted by Gasteiger charge is 2.51. The summed E-state index contributed by atoms with van der Waals surface area (Å²) in [5, 5.41) is 0. The number of hydrogen-bond donors (Lipinski definition) is 0. The molecule has 2 heterocycles. The molecule has 0 amide bonds. The summed E-state index contributed by atoms with van der Waals surface area (Å²) in [7, 11) is 0. The van der Waals surface area contributed by atoms with E-state index in [1.807, 2.05) is 0 Å². The predicted octanol–water partition coefficient (Wildman–Crippen LogP) is 5.47. The average molecular weight is 479 g/mol. The Hall–Kier alpha value is -0.690. The molecular weight excluding hydrogens is 432 g/mol. The third-order valence-electron chi connectivity index (χ3n) is 9.69. The van der Waals surface area contributed by atoms with Gasteiger partial charge in [-0.05, 0) is 81.0 Å². The van der Waals surface area contributed by atoms with Gasteiger partial charge in [0.25, 0.3) is 0 Å². The summed E-state index contributed by atoms with van der Waals surface area (Å²) in [6.45, 7) is 6.16. The Morgan fingerprint density at radius 3 is 1.88 bits per heavy atom. The van der Waals surface area contributed by atoms with E-state index >= 15 is 0 Å². The molecule has 2 saturated heterocycles. The Morgan fingerprint density at radius 1 is 0.706 bits per heavy atom. The van der Waals surface area contributed by atoms with Crippen LogP contribution in [0.1, 0.15) is 90.9 Å². The number of esters is 1. The van der Waals surface area contributed by atoms with Gasteiger partial charge in [-0.25, -0.2) is 9.78 Å². The number of fused-ring (bicyclic) bond motifs is 1. The fraction of sp³-hybridized carbons (Fsp3) is 0.964. The lowest BCUT2D eigenvalue weighted by Crippen LogP contribution is -2.37. The van der Waals surface area contributed by atoms with Gasteiger partial charge in [0.15, 0.2) is 6.10 Å². The van der Waals surface area contributed by atoms with Gasteiger partial charge in [0, 0.05) is 0 Å². The fourth-order valence-electron chi connectivity index (χ4n) is 7.16. The largest absolute Gasteiger partial charge is 0.457 e. The van der Waals surface area contributed by atoms with Crippen molar-refractivity contribution in [3.8, 4) is 0 Å². The first-order valence-corrected chi connectivity index (χ1v) is 14.3. The number of carbonyl (C=O) groups excluding carboxylic acids is 1. The summed E-state index contributed by atoms with van der Waals surface area (Å²) in [6, 6.07) is 0. The van der Waals surface area contributed by atoms with E-state index < -0.39 is 0 Å². The van der Waals surface area contributed by atoms with Crippen molar-refractivity contribution < 1.29 is 28.8 Å². The first-order valence-electron chi connectivity index (χ1n) is 14.3. The maximum Gasteiger partial charge on any atom is 0.309 e. The molecule has 34 heavy (non-hydrogen) atoms. The van der Waals surface area contributed by atoms with Crippen LogP contribution < -0.4 is 0 Å². The van der Waals surface area contributed by atoms with Crippen molar-refractivity contribution in [2.24, 2.45) is 35.5 Å². The minimum Gasteiger partial charge on any atom is -0.457 e. The van der Waals surface area contributed by atoms with Crippen molar-refractivity contribution in [3.05, 3.63) is 0 Å². The van der Waals surface area contributed by atoms with E-state index in [0.29, 0.717) is 25.7 Å². The monoisotopic (exact) mass is 478 g/mol. The normalized spacial score (nSPS) is 45.1. The second kappa shape index (κ2) is 11.6. The van der Waals surface area contributed by atoms with Crippen LogP contribution in [0.3, 0.4) is 0 Å². The van der Waals surface area contributed by atoms with Crippen molar-refractivity contribution in [2.45, 2.75) is 115 Å². The Balaban J connectivity index is 1.01. The zero-order valence-corrected chi connectivity index (χ0v) is 21.3. The van der Waals surface area contributed by atoms with E-state index in [4.69, 9.17) is 24.0 Å². The Morgan fingerprint density at radius 2 is 1.24 bits per heavy atom. The van der Waals surface area contributed by atoms with E-state index in [0.717, 1.165) is 36.5 Å². The molecule has 6 heteroatoms. The molecular formula is C28H46O6. The van der Waals surface area contributed by atoms with Gasteiger partial charge in [-0.1, -0.05) is 39.5 Å². The molecule has 4 atom stereocenters. The number of rotatable bonds is 7. The molecule has 0 aromatic carbocycles. The molecule has 0 radical (unpaired) electrons. The summed E-state index contributed by atoms with van der Waals surface area (Å²) >= 11 is 0. The Labute approximate surface area is 205 Å². The molecule has 194 valence electrons. The van der Waals surface area contributed by atoms with E-state index in [1.165, 1.54) is 64.2 Å². The molecule has 0 aromatic rings. The third kappa shape index (κ3) is 5.99. The van der Waals surface area contributed by atoms with Gasteiger partial charge in [0.1, 0.15) is 18.3 Å². The molecule has 0 aromatic heterocycles. The topological polar surface area (TPSA) is 63.2 Å². The van der Waals surface area contributed by atoms with Crippen molar-refractivity contribution in [3.63, 3.8) is 0 Å². The third-order valence-corrected chi connectivity index (χ3v) is 9.69. The quantitative estimate of drug-likeness (QED) is 0.275. The molecule has 2 aliphatic heterocycles. The molecule has 5 rings (SSSR count). The fourth-order valence-corrected chi connectivity index (χ4v) is 7.16. The lowest BCUT2D eigenvalue weighted by Gasteiger charge is -2.36. The summed E-state index contributed by atoms with van der Waals surface area (Å²) in [5.41, 5.74) is 0. The van der Waals surface area contributed by atoms with Gasteiger partial charge in [-0.3, -0.25) is 4.79 Å². The van der Waals surface area contributed by atoms with Crippen molar-refractivity contribution in [1.82, 2.24) is 0 Å². The zero-order chi connectivity index (χ0) is 23.5. The van der Waals surface area contributed by atoms with Gasteiger partial charge in [-0.15, -0.1) is 0 Å². The number of carbonyl (C=O) groups is 1. The van der Waals surface area contributed by atoms with Gasteiger partial charge in [-0.2, -0.15) is 0 Å². The average Bonchev–Trinajstić information content (AvgIpc) is 3.44. The lowest BCUT2D eigenvalue weighted by molar-refractivity contribution is -0.339. The van der Waals surface area contributed by atoms with E-state index in [-0.39, 0.29) is 36.3 Å². The molecule has 5 fully saturated rings. The van der Waals surface area contributed by atoms with Crippen molar-refractivity contribution >= 4 is 5.97 Å². The molecule has 6 nitrogen and oxygen atoms in total. The predicted molar refractivity (Wildman–Crippen MR) is 128 cm³/mol. The van der Waals surface area contributed by atoms with Crippen LogP contribution in [0.4, 0.5) is 0 Å². The van der Waals surface area contributed by atoms with Crippen LogP contribution in [0.15, 0.2) is 0 Å². The molecule has 1 unspecified atom stereocenters. The van der Waals surface area contributed by atoms with Gasteiger partial charge >= 0.3 is 5.97 Å². The highest BCUT2D eigenvalue weighted by molar-refractivity contribution is 5.72. The highest BCUT2D eigenvalue weighted by atomic mass is 17.2. The number of hydrogen-bond acceptors (Lipinski definition) is 6. The second-order valence-corrected chi connectivity index (χ2v) is 12.2. The van der Waals surface area contributed by atoms with Gasteiger partial charge < -0.3 is 14.2 Å². The van der Waals surface area contributed by atoms with Crippen LogP contribution in [-0.4, -0.2) is 50.2 Å². The standard InChI is InChI=1S/C28H46O6/c1-18-3-7-20(8-4-18)15-32-34-25-17-31-26-24(16-30-27(25)26)33-28(29)23-13-11-22(12-14-23)21-9-5-19(2)6-10-21/h18-27H,3-17H2,1-2H3/t18?,19?,20?,21?,22?,23?,24?,25-,26+,27+/m0/s1. The number of ether oxygens (including phenoxy) is 3.